The van der Waals surface area contributed by atoms with Crippen LogP contribution in [0.15, 0.2) is 23.4 Å². The van der Waals surface area contributed by atoms with Crippen LogP contribution < -0.4 is 21.1 Å². The summed E-state index contributed by atoms with van der Waals surface area (Å²) in [5, 5.41) is 6.70. The first kappa shape index (κ1) is 22.2. The Kier molecular flexibility index (Phi) is 7.63. The van der Waals surface area contributed by atoms with Crippen LogP contribution in [0.2, 0.25) is 5.02 Å². The van der Waals surface area contributed by atoms with Crippen LogP contribution in [-0.2, 0) is 10.0 Å². The van der Waals surface area contributed by atoms with Gasteiger partial charge in [-0.3, -0.25) is 4.72 Å². The molecule has 0 radical (unpaired) electrons. The van der Waals surface area contributed by atoms with E-state index in [1.165, 1.54) is 12.7 Å². The fourth-order valence-electron chi connectivity index (χ4n) is 3.26. The second-order valence-corrected chi connectivity index (χ2v) is 9.74. The van der Waals surface area contributed by atoms with E-state index >= 15 is 0 Å². The molecule has 1 saturated carbocycles. The number of rotatable bonds is 10. The van der Waals surface area contributed by atoms with Crippen LogP contribution >= 0.6 is 23.1 Å². The van der Waals surface area contributed by atoms with Crippen molar-refractivity contribution in [2.75, 3.05) is 23.1 Å². The van der Waals surface area contributed by atoms with Gasteiger partial charge in [0.1, 0.15) is 17.0 Å². The molecular formula is C17H24ClFN6O2S2. The van der Waals surface area contributed by atoms with Gasteiger partial charge < -0.3 is 16.4 Å². The average Bonchev–Trinajstić information content (AvgIpc) is 3.31. The molecule has 1 heterocycles. The summed E-state index contributed by atoms with van der Waals surface area (Å²) in [6, 6.07) is 2.82. The van der Waals surface area contributed by atoms with Crippen LogP contribution in [-0.4, -0.2) is 42.9 Å². The van der Waals surface area contributed by atoms with E-state index in [4.69, 9.17) is 17.3 Å². The number of benzene rings is 1. The molecule has 1 aromatic carbocycles. The van der Waals surface area contributed by atoms with Crippen molar-refractivity contribution in [3.05, 3.63) is 29.3 Å². The lowest BCUT2D eigenvalue weighted by atomic mass is 10.2. The molecule has 8 nitrogen and oxygen atoms in total. The Bertz CT molecular complexity index is 913. The molecule has 5 N–H and O–H groups in total. The highest BCUT2D eigenvalue weighted by molar-refractivity contribution is 7.93. The molecule has 3 rings (SSSR count). The summed E-state index contributed by atoms with van der Waals surface area (Å²) in [7, 11) is -4.15. The van der Waals surface area contributed by atoms with Crippen molar-refractivity contribution >= 4 is 44.0 Å². The molecule has 0 spiro atoms. The Morgan fingerprint density at radius 1 is 1.28 bits per heavy atom. The summed E-state index contributed by atoms with van der Waals surface area (Å²) in [5.41, 5.74) is 6.38. The van der Waals surface area contributed by atoms with Crippen molar-refractivity contribution in [1.29, 1.82) is 0 Å². The van der Waals surface area contributed by atoms with E-state index < -0.39 is 20.7 Å². The van der Waals surface area contributed by atoms with Crippen LogP contribution in [0, 0.1) is 5.82 Å². The second kappa shape index (κ2) is 9.98. The molecule has 29 heavy (non-hydrogen) atoms. The van der Waals surface area contributed by atoms with Gasteiger partial charge in [-0.25, -0.2) is 17.8 Å². The van der Waals surface area contributed by atoms with Gasteiger partial charge in [-0.2, -0.15) is 4.37 Å². The molecule has 0 aliphatic heterocycles. The smallest absolute Gasteiger partial charge is 0.266 e. The number of hydrogen-bond donors (Lipinski definition) is 4. The van der Waals surface area contributed by atoms with Crippen LogP contribution in [0.5, 0.6) is 0 Å². The number of anilines is 2. The monoisotopic (exact) mass is 462 g/mol. The highest BCUT2D eigenvalue weighted by atomic mass is 35.5. The molecule has 1 fully saturated rings. The number of hydrogen-bond acceptors (Lipinski definition) is 8. The van der Waals surface area contributed by atoms with Gasteiger partial charge in [-0.15, -0.1) is 0 Å². The maximum Gasteiger partial charge on any atom is 0.266 e. The third-order valence-corrected chi connectivity index (χ3v) is 7.16. The summed E-state index contributed by atoms with van der Waals surface area (Å²) < 4.78 is 45.0. The minimum absolute atomic E-state index is 0.0508. The Balaban J connectivity index is 1.50. The summed E-state index contributed by atoms with van der Waals surface area (Å²) in [6.45, 7) is 1.46. The van der Waals surface area contributed by atoms with E-state index in [1.807, 2.05) is 0 Å². The van der Waals surface area contributed by atoms with Gasteiger partial charge in [-0.05, 0) is 44.4 Å². The molecular weight excluding hydrogens is 439 g/mol. The number of nitrogens with one attached hydrogen (secondary N) is 3. The van der Waals surface area contributed by atoms with Gasteiger partial charge >= 0.3 is 0 Å². The molecule has 0 unspecified atom stereocenters. The Morgan fingerprint density at radius 2 is 2.07 bits per heavy atom. The molecule has 1 aliphatic carbocycles. The van der Waals surface area contributed by atoms with Crippen molar-refractivity contribution in [3.63, 3.8) is 0 Å². The van der Waals surface area contributed by atoms with Gasteiger partial charge in [0.2, 0.25) is 5.13 Å². The molecule has 160 valence electrons. The third kappa shape index (κ3) is 5.98. The number of halogens is 2. The lowest BCUT2D eigenvalue weighted by Crippen LogP contribution is -2.41. The summed E-state index contributed by atoms with van der Waals surface area (Å²) in [5.74, 6) is -0.897. The summed E-state index contributed by atoms with van der Waals surface area (Å²) >= 11 is 7.01. The minimum Gasteiger partial charge on any atom is -0.384 e. The topological polar surface area (TPSA) is 122 Å². The molecule has 0 bridgehead atoms. The van der Waals surface area contributed by atoms with E-state index in [0.29, 0.717) is 18.3 Å². The fraction of sp³-hybridized carbons (Fsp3) is 0.529. The van der Waals surface area contributed by atoms with E-state index in [1.54, 1.807) is 0 Å². The van der Waals surface area contributed by atoms with Crippen LogP contribution in [0.1, 0.15) is 32.1 Å². The van der Waals surface area contributed by atoms with Gasteiger partial charge in [0.25, 0.3) is 10.0 Å². The van der Waals surface area contributed by atoms with Crippen molar-refractivity contribution in [2.24, 2.45) is 5.73 Å². The summed E-state index contributed by atoms with van der Waals surface area (Å²) in [4.78, 5) is 3.19. The van der Waals surface area contributed by atoms with Gasteiger partial charge in [0, 0.05) is 30.2 Å². The first-order chi connectivity index (χ1) is 13.9. The van der Waals surface area contributed by atoms with Gasteiger partial charge in [-0.1, -0.05) is 18.0 Å². The number of unbranched alkanes of at least 4 members (excludes halogenated alkanes) is 1. The first-order valence-electron chi connectivity index (χ1n) is 9.38. The SMILES string of the molecule is N[C@H]1CCC[C@@H]1NCCCCNc1cc(F)c(S(=O)(=O)Nc2ncns2)cc1Cl. The lowest BCUT2D eigenvalue weighted by molar-refractivity contribution is 0.468. The number of sulfonamides is 1. The Morgan fingerprint density at radius 3 is 2.76 bits per heavy atom. The predicted octanol–water partition coefficient (Wildman–Crippen LogP) is 2.79. The molecule has 2 atom stereocenters. The van der Waals surface area contributed by atoms with E-state index in [-0.39, 0.29) is 16.2 Å². The highest BCUT2D eigenvalue weighted by Crippen LogP contribution is 2.29. The Labute approximate surface area is 178 Å². The number of aromatic nitrogens is 2. The maximum absolute atomic E-state index is 14.4. The fourth-order valence-corrected chi connectivity index (χ4v) is 5.30. The molecule has 0 amide bonds. The predicted molar refractivity (Wildman–Crippen MR) is 113 cm³/mol. The van der Waals surface area contributed by atoms with E-state index in [9.17, 15) is 12.8 Å². The van der Waals surface area contributed by atoms with Crippen molar-refractivity contribution in [2.45, 2.75) is 49.1 Å². The normalized spacial score (nSPS) is 19.4. The number of nitrogens with two attached hydrogens (primary N) is 1. The van der Waals surface area contributed by atoms with Crippen LogP contribution in [0.25, 0.3) is 0 Å². The van der Waals surface area contributed by atoms with E-state index in [2.05, 4.69) is 24.7 Å². The van der Waals surface area contributed by atoms with Crippen molar-refractivity contribution in [1.82, 2.24) is 14.7 Å². The second-order valence-electron chi connectivity index (χ2n) is 6.90. The van der Waals surface area contributed by atoms with Crippen LogP contribution in [0.3, 0.4) is 0 Å². The van der Waals surface area contributed by atoms with Crippen LogP contribution in [0.4, 0.5) is 15.2 Å². The quantitative estimate of drug-likeness (QED) is 0.400. The molecule has 1 aromatic heterocycles. The lowest BCUT2D eigenvalue weighted by Gasteiger charge is -2.17. The zero-order valence-electron chi connectivity index (χ0n) is 15.7. The standard InChI is InChI=1S/C17H24ClFN6O2S2/c18-11-8-16(29(26,27)25-17-23-10-24-28-17)12(19)9-15(11)22-7-2-1-6-21-14-5-3-4-13(14)20/h8-10,13-14,21-22H,1-7,20H2,(H,23,24,25)/t13-,14-/m0/s1. The number of nitrogens with zero attached hydrogens (tertiary/aromatic N) is 2. The highest BCUT2D eigenvalue weighted by Gasteiger charge is 2.23. The minimum atomic E-state index is -4.15. The first-order valence-corrected chi connectivity index (χ1v) is 12.0. The third-order valence-electron chi connectivity index (χ3n) is 4.79. The largest absolute Gasteiger partial charge is 0.384 e. The molecule has 0 saturated heterocycles. The molecule has 12 heteroatoms. The summed E-state index contributed by atoms with van der Waals surface area (Å²) in [6.07, 6.45) is 6.37. The van der Waals surface area contributed by atoms with Crippen molar-refractivity contribution in [3.8, 4) is 0 Å². The maximum atomic E-state index is 14.4. The average molecular weight is 463 g/mol. The van der Waals surface area contributed by atoms with Gasteiger partial charge in [0.05, 0.1) is 10.7 Å². The van der Waals surface area contributed by atoms with Gasteiger partial charge in [0.15, 0.2) is 0 Å². The Hall–Kier alpha value is -1.53. The molecule has 1 aliphatic rings. The van der Waals surface area contributed by atoms with Crippen molar-refractivity contribution < 1.29 is 12.8 Å². The zero-order chi connectivity index (χ0) is 20.9. The van der Waals surface area contributed by atoms with E-state index in [0.717, 1.165) is 55.9 Å². The molecule has 2 aromatic rings. The zero-order valence-corrected chi connectivity index (χ0v) is 18.1.